The number of rotatable bonds is 44. The lowest BCUT2D eigenvalue weighted by Crippen LogP contribution is -2.44. The molecule has 0 heterocycles. The molecule has 0 bridgehead atoms. The highest BCUT2D eigenvalue weighted by Gasteiger charge is 2.26. The molecular formula is C49H96N2O6. The van der Waals surface area contributed by atoms with Crippen LogP contribution < -0.4 is 5.32 Å². The molecule has 0 saturated heterocycles. The van der Waals surface area contributed by atoms with E-state index in [0.29, 0.717) is 26.0 Å². The first-order valence-electron chi connectivity index (χ1n) is 24.6. The maximum Gasteiger partial charge on any atom is 0.306 e. The van der Waals surface area contributed by atoms with E-state index in [0.717, 1.165) is 116 Å². The zero-order valence-corrected chi connectivity index (χ0v) is 38.8. The van der Waals surface area contributed by atoms with Gasteiger partial charge in [-0.25, -0.2) is 0 Å². The maximum atomic E-state index is 12.8. The molecule has 0 spiro atoms. The van der Waals surface area contributed by atoms with Gasteiger partial charge in [-0.2, -0.15) is 0 Å². The lowest BCUT2D eigenvalue weighted by atomic mass is 10.0. The molecular weight excluding hydrogens is 713 g/mol. The second-order valence-electron chi connectivity index (χ2n) is 17.4. The van der Waals surface area contributed by atoms with Crippen molar-refractivity contribution < 1.29 is 28.6 Å². The predicted molar refractivity (Wildman–Crippen MR) is 241 cm³/mol. The minimum Gasteiger partial charge on any atom is -0.466 e. The number of nitrogens with one attached hydrogen (secondary N) is 1. The Morgan fingerprint density at radius 1 is 0.509 bits per heavy atom. The third-order valence-electron chi connectivity index (χ3n) is 11.5. The highest BCUT2D eigenvalue weighted by Crippen LogP contribution is 2.18. The van der Waals surface area contributed by atoms with Gasteiger partial charge >= 0.3 is 11.9 Å². The third kappa shape index (κ3) is 37.1. The molecule has 0 radical (unpaired) electrons. The number of carbonyl (C=O) groups is 3. The molecule has 1 N–H and O–H groups in total. The number of hydrogen-bond acceptors (Lipinski definition) is 7. The van der Waals surface area contributed by atoms with Crippen LogP contribution in [-0.4, -0.2) is 74.3 Å². The summed E-state index contributed by atoms with van der Waals surface area (Å²) >= 11 is 0. The van der Waals surface area contributed by atoms with E-state index in [1.165, 1.54) is 103 Å². The summed E-state index contributed by atoms with van der Waals surface area (Å²) in [5.41, 5.74) is -0.816. The largest absolute Gasteiger partial charge is 0.466 e. The van der Waals surface area contributed by atoms with Crippen LogP contribution in [0.3, 0.4) is 0 Å². The Morgan fingerprint density at radius 3 is 1.40 bits per heavy atom. The second kappa shape index (κ2) is 41.1. The van der Waals surface area contributed by atoms with Crippen molar-refractivity contribution in [3.05, 3.63) is 0 Å². The van der Waals surface area contributed by atoms with Gasteiger partial charge in [0, 0.05) is 26.5 Å². The van der Waals surface area contributed by atoms with Crippen LogP contribution in [0.2, 0.25) is 0 Å². The summed E-state index contributed by atoms with van der Waals surface area (Å²) in [6.07, 6.45) is 37.5. The van der Waals surface area contributed by atoms with Gasteiger partial charge in [-0.1, -0.05) is 156 Å². The first-order valence-corrected chi connectivity index (χ1v) is 24.6. The molecule has 8 heteroatoms. The molecule has 0 rings (SSSR count). The van der Waals surface area contributed by atoms with E-state index in [2.05, 4.69) is 31.0 Å². The lowest BCUT2D eigenvalue weighted by molar-refractivity contribution is -0.150. The van der Waals surface area contributed by atoms with Crippen molar-refractivity contribution in [2.75, 3.05) is 39.9 Å². The van der Waals surface area contributed by atoms with E-state index in [1.54, 1.807) is 21.0 Å². The zero-order chi connectivity index (χ0) is 42.1. The van der Waals surface area contributed by atoms with Crippen LogP contribution in [0, 0.1) is 0 Å². The quantitative estimate of drug-likeness (QED) is 0.0484. The van der Waals surface area contributed by atoms with Crippen LogP contribution in [0.25, 0.3) is 0 Å². The molecule has 57 heavy (non-hydrogen) atoms. The Morgan fingerprint density at radius 2 is 0.912 bits per heavy atom. The van der Waals surface area contributed by atoms with Crippen LogP contribution in [0.1, 0.15) is 247 Å². The van der Waals surface area contributed by atoms with Gasteiger partial charge in [-0.15, -0.1) is 0 Å². The minimum absolute atomic E-state index is 0.00503. The molecule has 0 aliphatic heterocycles. The van der Waals surface area contributed by atoms with E-state index in [1.807, 2.05) is 0 Å². The minimum atomic E-state index is -0.816. The summed E-state index contributed by atoms with van der Waals surface area (Å²) in [5, 5.41) is 3.04. The maximum absolute atomic E-state index is 12.8. The van der Waals surface area contributed by atoms with Gasteiger partial charge in [0.15, 0.2) is 0 Å². The van der Waals surface area contributed by atoms with Crippen LogP contribution in [0.5, 0.6) is 0 Å². The smallest absolute Gasteiger partial charge is 0.306 e. The van der Waals surface area contributed by atoms with Gasteiger partial charge in [0.05, 0.1) is 6.61 Å². The average Bonchev–Trinajstić information content (AvgIpc) is 3.20. The summed E-state index contributed by atoms with van der Waals surface area (Å²) in [5.74, 6) is -0.104. The fraction of sp³-hybridized carbons (Fsp3) is 0.939. The fourth-order valence-electron chi connectivity index (χ4n) is 7.37. The lowest BCUT2D eigenvalue weighted by Gasteiger charge is -2.24. The van der Waals surface area contributed by atoms with Crippen LogP contribution >= 0.6 is 0 Å². The van der Waals surface area contributed by atoms with Gasteiger partial charge in [0.1, 0.15) is 11.7 Å². The van der Waals surface area contributed by atoms with Crippen molar-refractivity contribution in [1.82, 2.24) is 10.2 Å². The molecule has 0 fully saturated rings. The molecule has 338 valence electrons. The Bertz CT molecular complexity index is 912. The first-order chi connectivity index (χ1) is 27.7. The van der Waals surface area contributed by atoms with Gasteiger partial charge in [-0.3, -0.25) is 14.4 Å². The van der Waals surface area contributed by atoms with Gasteiger partial charge < -0.3 is 24.4 Å². The van der Waals surface area contributed by atoms with Crippen molar-refractivity contribution in [2.45, 2.75) is 258 Å². The van der Waals surface area contributed by atoms with Crippen LogP contribution in [-0.2, 0) is 28.6 Å². The topological polar surface area (TPSA) is 94.2 Å². The number of carbonyl (C=O) groups excluding carboxylic acids is 3. The number of amides is 1. The Balaban J connectivity index is 4.45. The van der Waals surface area contributed by atoms with Crippen LogP contribution in [0.4, 0.5) is 0 Å². The van der Waals surface area contributed by atoms with E-state index >= 15 is 0 Å². The normalized spacial score (nSPS) is 12.3. The van der Waals surface area contributed by atoms with E-state index < -0.39 is 5.60 Å². The summed E-state index contributed by atoms with van der Waals surface area (Å²) in [6, 6.07) is 0. The molecule has 0 aromatic rings. The molecule has 8 nitrogen and oxygen atoms in total. The molecule has 1 unspecified atom stereocenters. The molecule has 0 aliphatic carbocycles. The van der Waals surface area contributed by atoms with E-state index in [4.69, 9.17) is 14.2 Å². The Hall–Kier alpha value is -1.67. The number of ether oxygens (including phenoxy) is 3. The highest BCUT2D eigenvalue weighted by molar-refractivity contribution is 5.84. The molecule has 0 saturated carbocycles. The highest BCUT2D eigenvalue weighted by atomic mass is 16.5. The van der Waals surface area contributed by atoms with E-state index in [9.17, 15) is 14.4 Å². The van der Waals surface area contributed by atoms with E-state index in [-0.39, 0.29) is 23.9 Å². The summed E-state index contributed by atoms with van der Waals surface area (Å²) in [7, 11) is 1.57. The molecule has 0 aliphatic rings. The average molecular weight is 809 g/mol. The summed E-state index contributed by atoms with van der Waals surface area (Å²) in [4.78, 5) is 39.9. The molecule has 1 amide bonds. The first kappa shape index (κ1) is 55.3. The Kier molecular flexibility index (Phi) is 39.9. The van der Waals surface area contributed by atoms with Gasteiger partial charge in [-0.05, 0) is 97.7 Å². The fourth-order valence-corrected chi connectivity index (χ4v) is 7.37. The molecule has 0 aromatic carbocycles. The van der Waals surface area contributed by atoms with Crippen molar-refractivity contribution in [2.24, 2.45) is 0 Å². The third-order valence-corrected chi connectivity index (χ3v) is 11.5. The van der Waals surface area contributed by atoms with Crippen molar-refractivity contribution in [3.63, 3.8) is 0 Å². The molecule has 1 atom stereocenters. The standard InChI is InChI=1S/C49H96N2O6/c1-7-10-13-16-18-27-34-44-56-46(52)38-30-23-19-25-32-41-51(43-35-40-50-48(54)49(4,5)55-6)42-33-26-20-24-31-39-47(53)57-45(36-28-21-15-12-9-3)37-29-22-17-14-11-8-2/h45H,7-44H2,1-6H3,(H,50,54). The number of hydrogen-bond donors (Lipinski definition) is 1. The Labute approximate surface area is 353 Å². The second-order valence-corrected chi connectivity index (χ2v) is 17.4. The number of unbranched alkanes of at least 4 members (excludes halogenated alkanes) is 23. The summed E-state index contributed by atoms with van der Waals surface area (Å²) in [6.45, 7) is 14.6. The number of esters is 2. The predicted octanol–water partition coefficient (Wildman–Crippen LogP) is 13.2. The summed E-state index contributed by atoms with van der Waals surface area (Å²) < 4.78 is 16.8. The number of nitrogens with zero attached hydrogens (tertiary/aromatic N) is 1. The van der Waals surface area contributed by atoms with Crippen LogP contribution in [0.15, 0.2) is 0 Å². The zero-order valence-electron chi connectivity index (χ0n) is 38.8. The SMILES string of the molecule is CCCCCCCCCOC(=O)CCCCCCCN(CCCCCCCC(=O)OC(CCCCCCC)CCCCCCCC)CCCNC(=O)C(C)(C)OC. The molecule has 0 aromatic heterocycles. The van der Waals surface area contributed by atoms with Crippen molar-refractivity contribution in [3.8, 4) is 0 Å². The van der Waals surface area contributed by atoms with Crippen molar-refractivity contribution in [1.29, 1.82) is 0 Å². The van der Waals surface area contributed by atoms with Crippen molar-refractivity contribution >= 4 is 17.8 Å². The number of methoxy groups -OCH3 is 1. The monoisotopic (exact) mass is 809 g/mol. The van der Waals surface area contributed by atoms with Gasteiger partial charge in [0.2, 0.25) is 0 Å². The van der Waals surface area contributed by atoms with Gasteiger partial charge in [0.25, 0.3) is 5.91 Å².